The summed E-state index contributed by atoms with van der Waals surface area (Å²) in [4.78, 5) is 15.0. The minimum absolute atomic E-state index is 0.0590. The second-order valence-electron chi connectivity index (χ2n) is 5.14. The first-order valence-corrected chi connectivity index (χ1v) is 7.68. The van der Waals surface area contributed by atoms with Crippen molar-refractivity contribution >= 4 is 17.5 Å². The fourth-order valence-electron chi connectivity index (χ4n) is 2.03. The third kappa shape index (κ3) is 5.49. The van der Waals surface area contributed by atoms with Gasteiger partial charge in [0.25, 0.3) is 5.91 Å². The summed E-state index contributed by atoms with van der Waals surface area (Å²) in [5.74, 6) is -1.08. The lowest BCUT2D eigenvalue weighted by Crippen LogP contribution is -2.30. The van der Waals surface area contributed by atoms with Gasteiger partial charge < -0.3 is 10.1 Å². The summed E-state index contributed by atoms with van der Waals surface area (Å²) in [7, 11) is 0. The number of hydrogen-bond donors (Lipinski definition) is 1. The van der Waals surface area contributed by atoms with Gasteiger partial charge in [-0.25, -0.2) is 0 Å². The van der Waals surface area contributed by atoms with Crippen LogP contribution in [0.25, 0.3) is 0 Å². The molecule has 0 aliphatic heterocycles. The van der Waals surface area contributed by atoms with Crippen LogP contribution in [0.1, 0.15) is 21.6 Å². The Morgan fingerprint density at radius 3 is 2.41 bits per heavy atom. The Bertz CT molecular complexity index is 823. The van der Waals surface area contributed by atoms with Gasteiger partial charge in [-0.3, -0.25) is 9.78 Å². The number of hydrogen-bond acceptors (Lipinski definition) is 3. The van der Waals surface area contributed by atoms with Gasteiger partial charge in [0.15, 0.2) is 5.69 Å². The van der Waals surface area contributed by atoms with E-state index in [1.807, 2.05) is 0 Å². The molecule has 0 saturated heterocycles. The van der Waals surface area contributed by atoms with Crippen LogP contribution < -0.4 is 10.1 Å². The molecule has 1 amide bonds. The van der Waals surface area contributed by atoms with E-state index in [-0.39, 0.29) is 23.9 Å². The maximum Gasteiger partial charge on any atom is 0.434 e. The SMILES string of the molecule is O=C(NCCOc1ccc(C(F)(F)F)cc1Cl)c1cccnc1C(F)(F)F. The number of ether oxygens (including phenoxy) is 1. The second-order valence-corrected chi connectivity index (χ2v) is 5.55. The Morgan fingerprint density at radius 1 is 1.11 bits per heavy atom. The standard InChI is InChI=1S/C16H11ClF6N2O2/c17-11-8-9(15(18,19)20)3-4-12(11)27-7-6-25-14(26)10-2-1-5-24-13(10)16(21,22)23/h1-5,8H,6-7H2,(H,25,26). The predicted molar refractivity (Wildman–Crippen MR) is 83.5 cm³/mol. The summed E-state index contributed by atoms with van der Waals surface area (Å²) >= 11 is 5.70. The van der Waals surface area contributed by atoms with Crippen LogP contribution >= 0.6 is 11.6 Å². The molecule has 27 heavy (non-hydrogen) atoms. The van der Waals surface area contributed by atoms with Crippen LogP contribution in [0.3, 0.4) is 0 Å². The molecular formula is C16H11ClF6N2O2. The molecule has 1 aromatic carbocycles. The Balaban J connectivity index is 1.94. The van der Waals surface area contributed by atoms with Gasteiger partial charge >= 0.3 is 12.4 Å². The van der Waals surface area contributed by atoms with Crippen molar-refractivity contribution in [2.24, 2.45) is 0 Å². The average Bonchev–Trinajstić information content (AvgIpc) is 2.58. The zero-order chi connectivity index (χ0) is 20.2. The second kappa shape index (κ2) is 8.03. The number of carbonyl (C=O) groups is 1. The van der Waals surface area contributed by atoms with Crippen LogP contribution in [0.4, 0.5) is 26.3 Å². The van der Waals surface area contributed by atoms with E-state index in [4.69, 9.17) is 16.3 Å². The van der Waals surface area contributed by atoms with E-state index in [1.165, 1.54) is 6.07 Å². The molecule has 0 spiro atoms. The quantitative estimate of drug-likeness (QED) is 0.577. The normalized spacial score (nSPS) is 12.0. The van der Waals surface area contributed by atoms with Gasteiger partial charge in [-0.2, -0.15) is 26.3 Å². The molecule has 2 rings (SSSR count). The number of rotatable bonds is 5. The maximum atomic E-state index is 12.8. The Morgan fingerprint density at radius 2 is 1.81 bits per heavy atom. The van der Waals surface area contributed by atoms with Gasteiger partial charge in [-0.15, -0.1) is 0 Å². The van der Waals surface area contributed by atoms with Gasteiger partial charge in [-0.1, -0.05) is 11.6 Å². The number of nitrogens with zero attached hydrogens (tertiary/aromatic N) is 1. The molecular weight excluding hydrogens is 402 g/mol. The number of benzene rings is 1. The van der Waals surface area contributed by atoms with Crippen molar-refractivity contribution in [3.05, 3.63) is 58.4 Å². The number of aromatic nitrogens is 1. The zero-order valence-corrected chi connectivity index (χ0v) is 14.0. The molecule has 0 aliphatic carbocycles. The molecule has 1 aromatic heterocycles. The molecule has 0 saturated carbocycles. The highest BCUT2D eigenvalue weighted by molar-refractivity contribution is 6.32. The van der Waals surface area contributed by atoms with Crippen molar-refractivity contribution < 1.29 is 35.9 Å². The van der Waals surface area contributed by atoms with E-state index >= 15 is 0 Å². The Labute approximate surface area is 154 Å². The van der Waals surface area contributed by atoms with E-state index < -0.39 is 35.1 Å². The number of carbonyl (C=O) groups excluding carboxylic acids is 1. The molecule has 146 valence electrons. The van der Waals surface area contributed by atoms with Crippen molar-refractivity contribution in [3.63, 3.8) is 0 Å². The summed E-state index contributed by atoms with van der Waals surface area (Å²) in [5, 5.41) is 1.92. The molecule has 11 heteroatoms. The number of halogens is 7. The summed E-state index contributed by atoms with van der Waals surface area (Å²) in [5.41, 5.74) is -2.93. The Kier molecular flexibility index (Phi) is 6.19. The topological polar surface area (TPSA) is 51.2 Å². The van der Waals surface area contributed by atoms with Crippen LogP contribution in [0.5, 0.6) is 5.75 Å². The molecule has 0 aliphatic rings. The Hall–Kier alpha value is -2.49. The molecule has 0 atom stereocenters. The third-order valence-electron chi connectivity index (χ3n) is 3.23. The molecule has 1 N–H and O–H groups in total. The van der Waals surface area contributed by atoms with E-state index in [1.54, 1.807) is 0 Å². The van der Waals surface area contributed by atoms with E-state index in [9.17, 15) is 31.1 Å². The van der Waals surface area contributed by atoms with Crippen LogP contribution in [0.15, 0.2) is 36.5 Å². The number of alkyl halides is 6. The molecule has 0 fully saturated rings. The average molecular weight is 413 g/mol. The monoisotopic (exact) mass is 412 g/mol. The van der Waals surface area contributed by atoms with E-state index in [0.717, 1.165) is 24.4 Å². The first-order chi connectivity index (χ1) is 12.5. The minimum Gasteiger partial charge on any atom is -0.490 e. The van der Waals surface area contributed by atoms with Crippen molar-refractivity contribution in [2.45, 2.75) is 12.4 Å². The van der Waals surface area contributed by atoms with E-state index in [0.29, 0.717) is 6.07 Å². The van der Waals surface area contributed by atoms with Crippen molar-refractivity contribution in [1.29, 1.82) is 0 Å². The summed E-state index contributed by atoms with van der Waals surface area (Å²) in [6.45, 7) is -0.430. The highest BCUT2D eigenvalue weighted by Crippen LogP contribution is 2.34. The van der Waals surface area contributed by atoms with Crippen LogP contribution in [-0.2, 0) is 12.4 Å². The lowest BCUT2D eigenvalue weighted by atomic mass is 10.1. The van der Waals surface area contributed by atoms with Gasteiger partial charge in [-0.05, 0) is 30.3 Å². The fraction of sp³-hybridized carbons (Fsp3) is 0.250. The number of nitrogens with one attached hydrogen (secondary N) is 1. The predicted octanol–water partition coefficient (Wildman–Crippen LogP) is 4.58. The smallest absolute Gasteiger partial charge is 0.434 e. The molecule has 2 aromatic rings. The van der Waals surface area contributed by atoms with Crippen molar-refractivity contribution in [2.75, 3.05) is 13.2 Å². The lowest BCUT2D eigenvalue weighted by Gasteiger charge is -2.13. The van der Waals surface area contributed by atoms with Gasteiger partial charge in [0, 0.05) is 6.20 Å². The fourth-order valence-corrected chi connectivity index (χ4v) is 2.26. The highest BCUT2D eigenvalue weighted by Gasteiger charge is 2.36. The van der Waals surface area contributed by atoms with Crippen molar-refractivity contribution in [3.8, 4) is 5.75 Å². The van der Waals surface area contributed by atoms with Crippen LogP contribution in [0.2, 0.25) is 5.02 Å². The number of pyridine rings is 1. The third-order valence-corrected chi connectivity index (χ3v) is 3.52. The van der Waals surface area contributed by atoms with Crippen LogP contribution in [-0.4, -0.2) is 24.0 Å². The maximum absolute atomic E-state index is 12.8. The highest BCUT2D eigenvalue weighted by atomic mass is 35.5. The summed E-state index contributed by atoms with van der Waals surface area (Å²) in [6, 6.07) is 4.61. The summed E-state index contributed by atoms with van der Waals surface area (Å²) in [6.07, 6.45) is -8.44. The van der Waals surface area contributed by atoms with E-state index in [2.05, 4.69) is 10.3 Å². The first-order valence-electron chi connectivity index (χ1n) is 7.30. The minimum atomic E-state index is -4.79. The van der Waals surface area contributed by atoms with Gasteiger partial charge in [0.1, 0.15) is 12.4 Å². The summed E-state index contributed by atoms with van der Waals surface area (Å²) < 4.78 is 81.2. The molecule has 4 nitrogen and oxygen atoms in total. The molecule has 1 heterocycles. The van der Waals surface area contributed by atoms with Gasteiger partial charge in [0.05, 0.1) is 22.7 Å². The van der Waals surface area contributed by atoms with Gasteiger partial charge in [0.2, 0.25) is 0 Å². The first kappa shape index (κ1) is 20.8. The lowest BCUT2D eigenvalue weighted by molar-refractivity contribution is -0.141. The largest absolute Gasteiger partial charge is 0.490 e. The zero-order valence-electron chi connectivity index (χ0n) is 13.3. The molecule has 0 radical (unpaired) electrons. The molecule has 0 bridgehead atoms. The van der Waals surface area contributed by atoms with Crippen molar-refractivity contribution in [1.82, 2.24) is 10.3 Å². The molecule has 0 unspecified atom stereocenters. The van der Waals surface area contributed by atoms with Crippen LogP contribution in [0, 0.1) is 0 Å². The number of amides is 1.